The van der Waals surface area contributed by atoms with Crippen LogP contribution in [-0.2, 0) is 20.7 Å². The maximum atomic E-state index is 13.7. The number of rotatable bonds is 12. The number of anilines is 3. The predicted octanol–water partition coefficient (Wildman–Crippen LogP) is 5.07. The first-order valence-corrected chi connectivity index (χ1v) is 15.4. The molecule has 4 atom stereocenters. The highest BCUT2D eigenvalue weighted by Gasteiger charge is 2.50. The molecule has 7 rings (SSSR count). The van der Waals surface area contributed by atoms with Gasteiger partial charge >= 0.3 is 0 Å². The summed E-state index contributed by atoms with van der Waals surface area (Å²) in [5.74, 6) is 0.665. The molecule has 48 heavy (non-hydrogen) atoms. The van der Waals surface area contributed by atoms with Gasteiger partial charge < -0.3 is 29.7 Å². The highest BCUT2D eigenvalue weighted by Crippen LogP contribution is 2.41. The Kier molecular flexibility index (Phi) is 8.72. The summed E-state index contributed by atoms with van der Waals surface area (Å²) >= 11 is 0. The van der Waals surface area contributed by atoms with E-state index >= 15 is 0 Å². The van der Waals surface area contributed by atoms with Crippen molar-refractivity contribution in [3.8, 4) is 0 Å². The Morgan fingerprint density at radius 3 is 2.35 bits per heavy atom. The first-order valence-electron chi connectivity index (χ1n) is 15.4. The van der Waals surface area contributed by atoms with E-state index in [9.17, 15) is 14.3 Å². The average molecular weight is 651 g/mol. The van der Waals surface area contributed by atoms with Gasteiger partial charge in [-0.05, 0) is 35.4 Å². The summed E-state index contributed by atoms with van der Waals surface area (Å²) in [4.78, 5) is 30.0. The molecule has 3 N–H and O–H groups in total. The van der Waals surface area contributed by atoms with E-state index in [1.807, 2.05) is 43.3 Å². The van der Waals surface area contributed by atoms with Crippen molar-refractivity contribution in [1.82, 2.24) is 29.7 Å². The van der Waals surface area contributed by atoms with Gasteiger partial charge in [-0.1, -0.05) is 72.7 Å². The molecule has 0 aliphatic carbocycles. The Hall–Kier alpha value is -5.73. The second-order valence-corrected chi connectivity index (χ2v) is 11.1. The van der Waals surface area contributed by atoms with E-state index in [0.717, 1.165) is 11.1 Å². The van der Waals surface area contributed by atoms with Gasteiger partial charge in [-0.2, -0.15) is 15.0 Å². The summed E-state index contributed by atoms with van der Waals surface area (Å²) in [6.07, 6.45) is -2.66. The third kappa shape index (κ3) is 6.18. The van der Waals surface area contributed by atoms with Crippen LogP contribution in [0.1, 0.15) is 48.0 Å². The Morgan fingerprint density at radius 2 is 1.71 bits per heavy atom. The number of hydrogen-bond acceptors (Lipinski definition) is 12. The zero-order valence-electron chi connectivity index (χ0n) is 25.7. The predicted molar refractivity (Wildman–Crippen MR) is 172 cm³/mol. The number of imidazole rings is 1. The fraction of sp³-hybridized carbons (Fsp3) is 0.235. The highest BCUT2D eigenvalue weighted by molar-refractivity contribution is 5.85. The fourth-order valence-corrected chi connectivity index (χ4v) is 5.76. The van der Waals surface area contributed by atoms with Gasteiger partial charge in [-0.15, -0.1) is 0 Å². The molecule has 14 heteroatoms. The lowest BCUT2D eigenvalue weighted by molar-refractivity contribution is -0.142. The molecule has 0 radical (unpaired) electrons. The minimum Gasteiger partial charge on any atom is -0.457 e. The quantitative estimate of drug-likeness (QED) is 0.151. The van der Waals surface area contributed by atoms with Crippen LogP contribution in [0.5, 0.6) is 0 Å². The van der Waals surface area contributed by atoms with Gasteiger partial charge in [0.25, 0.3) is 12.4 Å². The summed E-state index contributed by atoms with van der Waals surface area (Å²) in [5, 5.41) is 21.7. The number of nitrogens with one attached hydrogen (secondary N) is 2. The number of nitrogens with zero attached hydrogens (tertiary/aromatic N) is 6. The van der Waals surface area contributed by atoms with Crippen LogP contribution >= 0.6 is 0 Å². The molecule has 0 spiro atoms. The van der Waals surface area contributed by atoms with Crippen LogP contribution in [0.25, 0.3) is 11.2 Å². The highest BCUT2D eigenvalue weighted by atomic mass is 19.1. The molecule has 1 saturated heterocycles. The zero-order valence-corrected chi connectivity index (χ0v) is 25.7. The van der Waals surface area contributed by atoms with E-state index in [-0.39, 0.29) is 30.0 Å². The second kappa shape index (κ2) is 13.6. The lowest BCUT2D eigenvalue weighted by Gasteiger charge is -2.21. The summed E-state index contributed by atoms with van der Waals surface area (Å²) in [6, 6.07) is 26.0. The molecule has 6 aromatic rings. The van der Waals surface area contributed by atoms with E-state index in [0.29, 0.717) is 41.5 Å². The Morgan fingerprint density at radius 1 is 1.00 bits per heavy atom. The molecule has 1 aliphatic rings. The van der Waals surface area contributed by atoms with Crippen LogP contribution < -0.4 is 10.6 Å². The molecular formula is C34H31FN8O5. The van der Waals surface area contributed by atoms with Crippen LogP contribution in [0.3, 0.4) is 0 Å². The summed E-state index contributed by atoms with van der Waals surface area (Å²) in [6.45, 7) is 2.56. The molecule has 0 unspecified atom stereocenters. The summed E-state index contributed by atoms with van der Waals surface area (Å²) in [5.41, 5.74) is 3.48. The number of aryl methyl sites for hydroxylation is 1. The summed E-state index contributed by atoms with van der Waals surface area (Å²) in [7, 11) is 0. The molecule has 4 heterocycles. The number of hydrogen-bond donors (Lipinski definition) is 3. The van der Waals surface area contributed by atoms with E-state index in [1.54, 1.807) is 16.7 Å². The molecular weight excluding hydrogens is 619 g/mol. The first kappa shape index (κ1) is 30.9. The first-order chi connectivity index (χ1) is 23.5. The largest absolute Gasteiger partial charge is 0.457 e. The second-order valence-electron chi connectivity index (χ2n) is 11.1. The number of carbonyl (C=O) groups is 1. The standard InChI is InChI=1S/C34H31FN8O5/c1-2-25-39-32(48-42-25)28-27(45)29(46-19-44)33(47-28)43-18-37-26-30(40-34(41-31(26)43)38-23-15-13-22(35)14-16-23)36-17-24(20-9-5-3-6-10-20)21-11-7-4-8-12-21/h3-16,18-19,24,27-29,33,45H,2,17H2,1H3,(H2,36,38,40,41)/t27-,28+,29-,33-/m1/s1. The molecule has 1 fully saturated rings. The normalized spacial score (nSPS) is 19.1. The van der Waals surface area contributed by atoms with Gasteiger partial charge in [0.2, 0.25) is 5.95 Å². The van der Waals surface area contributed by atoms with Crippen molar-refractivity contribution in [1.29, 1.82) is 0 Å². The van der Waals surface area contributed by atoms with Crippen molar-refractivity contribution in [2.45, 2.75) is 43.8 Å². The van der Waals surface area contributed by atoms with Crippen molar-refractivity contribution in [2.24, 2.45) is 0 Å². The van der Waals surface area contributed by atoms with Crippen molar-refractivity contribution in [3.63, 3.8) is 0 Å². The Bertz CT molecular complexity index is 1950. The third-order valence-electron chi connectivity index (χ3n) is 8.14. The lowest BCUT2D eigenvalue weighted by atomic mass is 9.91. The minimum absolute atomic E-state index is 0.0325. The molecule has 13 nitrogen and oxygen atoms in total. The average Bonchev–Trinajstić information content (AvgIpc) is 3.85. The number of fused-ring (bicyclic) bond motifs is 1. The maximum absolute atomic E-state index is 13.7. The van der Waals surface area contributed by atoms with E-state index in [4.69, 9.17) is 24.0 Å². The van der Waals surface area contributed by atoms with E-state index < -0.39 is 24.5 Å². The molecule has 3 aromatic heterocycles. The molecule has 0 saturated carbocycles. The number of aliphatic hydroxyl groups is 1. The smallest absolute Gasteiger partial charge is 0.293 e. The number of ether oxygens (including phenoxy) is 2. The summed E-state index contributed by atoms with van der Waals surface area (Å²) < 4.78 is 32.1. The molecule has 244 valence electrons. The van der Waals surface area contributed by atoms with E-state index in [1.165, 1.54) is 18.5 Å². The zero-order chi connectivity index (χ0) is 33.0. The van der Waals surface area contributed by atoms with Gasteiger partial charge in [0.15, 0.2) is 41.2 Å². The van der Waals surface area contributed by atoms with E-state index in [2.05, 4.69) is 50.0 Å². The number of aliphatic hydroxyl groups excluding tert-OH is 1. The van der Waals surface area contributed by atoms with Gasteiger partial charge in [-0.3, -0.25) is 9.36 Å². The van der Waals surface area contributed by atoms with Crippen LogP contribution in [-0.4, -0.2) is 60.0 Å². The molecule has 3 aromatic carbocycles. The van der Waals surface area contributed by atoms with Crippen molar-refractivity contribution < 1.29 is 28.3 Å². The number of carbonyl (C=O) groups excluding carboxylic acids is 1. The maximum Gasteiger partial charge on any atom is 0.293 e. The SMILES string of the molecule is CCc1noc([C@H]2O[C@@H](n3cnc4c(NCC(c5ccccc5)c5ccccc5)nc(Nc5ccc(F)cc5)nc43)[C@H](OC=O)[C@@H]2O)n1. The fourth-order valence-electron chi connectivity index (χ4n) is 5.76. The van der Waals surface area contributed by atoms with Gasteiger partial charge in [0.1, 0.15) is 11.9 Å². The van der Waals surface area contributed by atoms with Gasteiger partial charge in [0, 0.05) is 24.6 Å². The molecule has 1 aliphatic heterocycles. The Balaban J connectivity index is 1.28. The van der Waals surface area contributed by atoms with Crippen molar-refractivity contribution in [3.05, 3.63) is 120 Å². The van der Waals surface area contributed by atoms with Gasteiger partial charge in [-0.25, -0.2) is 9.37 Å². The molecule has 0 bridgehead atoms. The third-order valence-corrected chi connectivity index (χ3v) is 8.14. The molecule has 0 amide bonds. The number of halogens is 1. The monoisotopic (exact) mass is 650 g/mol. The Labute approximate surface area is 273 Å². The van der Waals surface area contributed by atoms with Crippen LogP contribution in [0.4, 0.5) is 21.8 Å². The van der Waals surface area contributed by atoms with Gasteiger partial charge in [0.05, 0.1) is 6.33 Å². The van der Waals surface area contributed by atoms with Crippen LogP contribution in [0, 0.1) is 5.82 Å². The topological polar surface area (TPSA) is 162 Å². The van der Waals surface area contributed by atoms with Crippen molar-refractivity contribution >= 4 is 35.1 Å². The number of aromatic nitrogens is 6. The lowest BCUT2D eigenvalue weighted by Crippen LogP contribution is -2.32. The van der Waals surface area contributed by atoms with Crippen LogP contribution in [0.2, 0.25) is 0 Å². The minimum atomic E-state index is -1.34. The van der Waals surface area contributed by atoms with Crippen molar-refractivity contribution in [2.75, 3.05) is 17.2 Å². The number of benzene rings is 3. The van der Waals surface area contributed by atoms with Crippen LogP contribution in [0.15, 0.2) is 95.8 Å².